The SMILES string of the molecule is Cc1cc(C)nc(SC2=C(NCC3CCCO3)C(=O)N(c3ccccc3F)C2=O)n1. The molecule has 4 rings (SSSR count). The van der Waals surface area contributed by atoms with Crippen molar-refractivity contribution < 1.29 is 18.7 Å². The van der Waals surface area contributed by atoms with Crippen LogP contribution in [0.4, 0.5) is 10.1 Å². The van der Waals surface area contributed by atoms with Crippen LogP contribution in [0.15, 0.2) is 46.1 Å². The summed E-state index contributed by atoms with van der Waals surface area (Å²) in [6.45, 7) is 4.73. The molecule has 0 aliphatic carbocycles. The fourth-order valence-electron chi connectivity index (χ4n) is 3.46. The van der Waals surface area contributed by atoms with Crippen LogP contribution in [0.25, 0.3) is 0 Å². The molecule has 2 amide bonds. The zero-order valence-corrected chi connectivity index (χ0v) is 17.5. The minimum absolute atomic E-state index is 0.0355. The maximum Gasteiger partial charge on any atom is 0.282 e. The topological polar surface area (TPSA) is 84.4 Å². The maximum atomic E-state index is 14.4. The van der Waals surface area contributed by atoms with Gasteiger partial charge in [0, 0.05) is 24.5 Å². The summed E-state index contributed by atoms with van der Waals surface area (Å²) in [5.41, 5.74) is 1.54. The highest BCUT2D eigenvalue weighted by atomic mass is 32.2. The Kier molecular flexibility index (Phi) is 5.83. The van der Waals surface area contributed by atoms with Gasteiger partial charge in [-0.3, -0.25) is 9.59 Å². The van der Waals surface area contributed by atoms with Crippen LogP contribution in [-0.4, -0.2) is 41.0 Å². The van der Waals surface area contributed by atoms with Crippen LogP contribution in [0.5, 0.6) is 0 Å². The number of nitrogens with one attached hydrogen (secondary N) is 1. The van der Waals surface area contributed by atoms with Crippen molar-refractivity contribution in [1.82, 2.24) is 15.3 Å². The second kappa shape index (κ2) is 8.53. The van der Waals surface area contributed by atoms with E-state index >= 15 is 0 Å². The molecule has 3 heterocycles. The molecule has 1 aromatic heterocycles. The van der Waals surface area contributed by atoms with Crippen LogP contribution >= 0.6 is 11.8 Å². The third kappa shape index (κ3) is 4.08. The summed E-state index contributed by atoms with van der Waals surface area (Å²) in [6, 6.07) is 7.53. The highest BCUT2D eigenvalue weighted by molar-refractivity contribution is 8.04. The van der Waals surface area contributed by atoms with Crippen molar-refractivity contribution >= 4 is 29.3 Å². The van der Waals surface area contributed by atoms with E-state index in [1.807, 2.05) is 19.9 Å². The number of aryl methyl sites for hydroxylation is 2. The molecule has 0 radical (unpaired) electrons. The van der Waals surface area contributed by atoms with E-state index in [1.165, 1.54) is 18.2 Å². The summed E-state index contributed by atoms with van der Waals surface area (Å²) < 4.78 is 20.0. The number of rotatable bonds is 6. The number of thioether (sulfide) groups is 1. The predicted molar refractivity (Wildman–Crippen MR) is 110 cm³/mol. The van der Waals surface area contributed by atoms with Gasteiger partial charge in [0.25, 0.3) is 11.8 Å². The van der Waals surface area contributed by atoms with Gasteiger partial charge in [-0.05, 0) is 56.7 Å². The molecule has 0 bridgehead atoms. The predicted octanol–water partition coefficient (Wildman–Crippen LogP) is 2.88. The fourth-order valence-corrected chi connectivity index (χ4v) is 4.47. The highest BCUT2D eigenvalue weighted by Gasteiger charge is 2.41. The van der Waals surface area contributed by atoms with Crippen LogP contribution in [-0.2, 0) is 14.3 Å². The molecule has 9 heteroatoms. The number of ether oxygens (including phenoxy) is 1. The van der Waals surface area contributed by atoms with Gasteiger partial charge in [0.15, 0.2) is 5.16 Å². The average molecular weight is 428 g/mol. The molecular weight excluding hydrogens is 407 g/mol. The lowest BCUT2D eigenvalue weighted by Crippen LogP contribution is -2.35. The van der Waals surface area contributed by atoms with Gasteiger partial charge in [0.1, 0.15) is 16.4 Å². The van der Waals surface area contributed by atoms with Gasteiger partial charge >= 0.3 is 0 Å². The van der Waals surface area contributed by atoms with E-state index in [1.54, 1.807) is 6.07 Å². The number of carbonyl (C=O) groups is 2. The van der Waals surface area contributed by atoms with Gasteiger partial charge in [-0.2, -0.15) is 0 Å². The standard InChI is InChI=1S/C21H21FN4O3S/c1-12-10-13(2)25-21(24-12)30-18-17(23-11-14-6-5-9-29-14)19(27)26(20(18)28)16-8-4-3-7-15(16)22/h3-4,7-8,10,14,23H,5-6,9,11H2,1-2H3. The number of amides is 2. The first-order valence-corrected chi connectivity index (χ1v) is 10.5. The molecule has 30 heavy (non-hydrogen) atoms. The lowest BCUT2D eigenvalue weighted by atomic mass is 10.2. The van der Waals surface area contributed by atoms with Crippen molar-refractivity contribution in [3.63, 3.8) is 0 Å². The van der Waals surface area contributed by atoms with E-state index in [-0.39, 0.29) is 22.4 Å². The summed E-state index contributed by atoms with van der Waals surface area (Å²) in [7, 11) is 0. The van der Waals surface area contributed by atoms with Crippen molar-refractivity contribution in [3.8, 4) is 0 Å². The summed E-state index contributed by atoms with van der Waals surface area (Å²) in [5, 5.41) is 3.42. The van der Waals surface area contributed by atoms with Gasteiger partial charge < -0.3 is 10.1 Å². The lowest BCUT2D eigenvalue weighted by molar-refractivity contribution is -0.120. The van der Waals surface area contributed by atoms with E-state index in [4.69, 9.17) is 4.74 Å². The number of hydrogen-bond donors (Lipinski definition) is 1. The number of halogens is 1. The Hall–Kier alpha value is -2.78. The minimum Gasteiger partial charge on any atom is -0.377 e. The third-order valence-corrected chi connectivity index (χ3v) is 5.77. The van der Waals surface area contributed by atoms with Gasteiger partial charge in [-0.25, -0.2) is 19.3 Å². The molecule has 0 saturated carbocycles. The number of para-hydroxylation sites is 1. The number of benzene rings is 1. The van der Waals surface area contributed by atoms with Crippen molar-refractivity contribution in [2.75, 3.05) is 18.1 Å². The molecule has 1 N–H and O–H groups in total. The zero-order valence-electron chi connectivity index (χ0n) is 16.6. The van der Waals surface area contributed by atoms with Crippen molar-refractivity contribution in [3.05, 3.63) is 58.1 Å². The average Bonchev–Trinajstić information content (AvgIpc) is 3.28. The number of nitrogens with zero attached hydrogens (tertiary/aromatic N) is 3. The van der Waals surface area contributed by atoms with Crippen molar-refractivity contribution in [2.45, 2.75) is 37.9 Å². The van der Waals surface area contributed by atoms with Crippen LogP contribution in [0.3, 0.4) is 0 Å². The van der Waals surface area contributed by atoms with Gasteiger partial charge in [0.05, 0.1) is 11.8 Å². The second-order valence-corrected chi connectivity index (χ2v) is 8.13. The highest BCUT2D eigenvalue weighted by Crippen LogP contribution is 2.36. The molecular formula is C21H21FN4O3S. The molecule has 1 atom stereocenters. The molecule has 2 aliphatic rings. The van der Waals surface area contributed by atoms with Gasteiger partial charge in [0.2, 0.25) is 0 Å². The second-order valence-electron chi connectivity index (χ2n) is 7.15. The normalized spacial score (nSPS) is 19.2. The molecule has 1 saturated heterocycles. The Bertz CT molecular complexity index is 1020. The monoisotopic (exact) mass is 428 g/mol. The van der Waals surface area contributed by atoms with E-state index in [0.29, 0.717) is 18.3 Å². The van der Waals surface area contributed by atoms with Crippen LogP contribution in [0, 0.1) is 19.7 Å². The molecule has 7 nitrogen and oxygen atoms in total. The number of carbonyl (C=O) groups excluding carboxylic acids is 2. The Morgan fingerprint density at radius 1 is 1.20 bits per heavy atom. The molecule has 0 spiro atoms. The molecule has 2 aromatic rings. The number of hydrogen-bond acceptors (Lipinski definition) is 7. The van der Waals surface area contributed by atoms with Crippen molar-refractivity contribution in [2.24, 2.45) is 0 Å². The summed E-state index contributed by atoms with van der Waals surface area (Å²) in [4.78, 5) is 36.0. The van der Waals surface area contributed by atoms with E-state index in [0.717, 1.165) is 40.9 Å². The van der Waals surface area contributed by atoms with E-state index < -0.39 is 17.6 Å². The summed E-state index contributed by atoms with van der Waals surface area (Å²) in [6.07, 6.45) is 1.80. The van der Waals surface area contributed by atoms with E-state index in [9.17, 15) is 14.0 Å². The minimum atomic E-state index is -0.647. The summed E-state index contributed by atoms with van der Waals surface area (Å²) in [5.74, 6) is -1.85. The lowest BCUT2D eigenvalue weighted by Gasteiger charge is -2.16. The molecule has 1 aromatic carbocycles. The van der Waals surface area contributed by atoms with Crippen molar-refractivity contribution in [1.29, 1.82) is 0 Å². The maximum absolute atomic E-state index is 14.4. The van der Waals surface area contributed by atoms with Crippen LogP contribution in [0.2, 0.25) is 0 Å². The molecule has 1 fully saturated rings. The smallest absolute Gasteiger partial charge is 0.282 e. The molecule has 2 aliphatic heterocycles. The fraction of sp³-hybridized carbons (Fsp3) is 0.333. The number of anilines is 1. The number of aromatic nitrogens is 2. The first kappa shape index (κ1) is 20.5. The third-order valence-electron chi connectivity index (χ3n) is 4.82. The largest absolute Gasteiger partial charge is 0.377 e. The van der Waals surface area contributed by atoms with Gasteiger partial charge in [-0.1, -0.05) is 12.1 Å². The molecule has 1 unspecified atom stereocenters. The quantitative estimate of drug-likeness (QED) is 0.559. The first-order chi connectivity index (χ1) is 14.4. The first-order valence-electron chi connectivity index (χ1n) is 9.67. The Morgan fingerprint density at radius 3 is 2.60 bits per heavy atom. The Balaban J connectivity index is 1.68. The Labute approximate surface area is 177 Å². The van der Waals surface area contributed by atoms with Crippen LogP contribution < -0.4 is 10.2 Å². The van der Waals surface area contributed by atoms with E-state index in [2.05, 4.69) is 15.3 Å². The zero-order chi connectivity index (χ0) is 21.3. The Morgan fingerprint density at radius 2 is 1.93 bits per heavy atom. The molecule has 156 valence electrons. The van der Waals surface area contributed by atoms with Gasteiger partial charge in [-0.15, -0.1) is 0 Å². The number of imide groups is 1. The van der Waals surface area contributed by atoms with Crippen LogP contribution in [0.1, 0.15) is 24.2 Å². The summed E-state index contributed by atoms with van der Waals surface area (Å²) >= 11 is 1.01.